The van der Waals surface area contributed by atoms with Crippen LogP contribution in [0.15, 0.2) is 17.1 Å². The van der Waals surface area contributed by atoms with Crippen molar-refractivity contribution >= 4 is 11.9 Å². The Morgan fingerprint density at radius 3 is 2.88 bits per heavy atom. The van der Waals surface area contributed by atoms with E-state index < -0.39 is 11.5 Å². The monoisotopic (exact) mass is 333 g/mol. The molecule has 1 amide bonds. The van der Waals surface area contributed by atoms with E-state index in [1.54, 1.807) is 11.0 Å². The minimum atomic E-state index is -0.676. The van der Waals surface area contributed by atoms with Crippen molar-refractivity contribution in [3.05, 3.63) is 33.7 Å². The zero-order valence-electron chi connectivity index (χ0n) is 13.7. The number of nitriles is 1. The highest BCUT2D eigenvalue weighted by Gasteiger charge is 2.24. The average Bonchev–Trinajstić information content (AvgIpc) is 2.62. The zero-order chi connectivity index (χ0) is 17.7. The first-order chi connectivity index (χ1) is 11.5. The van der Waals surface area contributed by atoms with Crippen LogP contribution in [0.5, 0.6) is 0 Å². The molecule has 0 aromatic carbocycles. The molecule has 0 aliphatic carbocycles. The van der Waals surface area contributed by atoms with Gasteiger partial charge in [-0.25, -0.2) is 4.79 Å². The molecule has 0 bridgehead atoms. The highest BCUT2D eigenvalue weighted by molar-refractivity contribution is 5.89. The van der Waals surface area contributed by atoms with Gasteiger partial charge in [-0.3, -0.25) is 9.59 Å². The molecule has 0 saturated carbocycles. The highest BCUT2D eigenvalue weighted by atomic mass is 16.5. The normalized spacial score (nSPS) is 17.2. The maximum Gasteiger partial charge on any atom is 0.339 e. The minimum Gasteiger partial charge on any atom is -0.465 e. The molecular weight excluding hydrogens is 314 g/mol. The Kier molecular flexibility index (Phi) is 5.71. The van der Waals surface area contributed by atoms with Gasteiger partial charge in [0, 0.05) is 19.3 Å². The number of nitrogens with zero attached hydrogens (tertiary/aromatic N) is 3. The first-order valence-electron chi connectivity index (χ1n) is 7.62. The summed E-state index contributed by atoms with van der Waals surface area (Å²) in [6.45, 7) is 3.10. The van der Waals surface area contributed by atoms with Crippen LogP contribution >= 0.6 is 0 Å². The van der Waals surface area contributed by atoms with Gasteiger partial charge in [-0.05, 0) is 12.5 Å². The molecule has 8 nitrogen and oxygen atoms in total. The van der Waals surface area contributed by atoms with Gasteiger partial charge in [-0.2, -0.15) is 5.26 Å². The van der Waals surface area contributed by atoms with Gasteiger partial charge < -0.3 is 18.9 Å². The predicted octanol–water partition coefficient (Wildman–Crippen LogP) is 0.144. The molecule has 1 unspecified atom stereocenters. The smallest absolute Gasteiger partial charge is 0.339 e. The van der Waals surface area contributed by atoms with Crippen LogP contribution in [0.3, 0.4) is 0 Å². The summed E-state index contributed by atoms with van der Waals surface area (Å²) in [5, 5.41) is 9.04. The summed E-state index contributed by atoms with van der Waals surface area (Å²) in [7, 11) is 1.20. The van der Waals surface area contributed by atoms with Crippen molar-refractivity contribution in [3.63, 3.8) is 0 Å². The molecule has 1 fully saturated rings. The van der Waals surface area contributed by atoms with E-state index in [-0.39, 0.29) is 29.7 Å². The van der Waals surface area contributed by atoms with E-state index in [0.29, 0.717) is 19.7 Å². The number of hydrogen-bond donors (Lipinski definition) is 0. The van der Waals surface area contributed by atoms with E-state index in [0.717, 1.165) is 17.1 Å². The van der Waals surface area contributed by atoms with Crippen molar-refractivity contribution in [2.75, 3.05) is 26.8 Å². The summed E-state index contributed by atoms with van der Waals surface area (Å²) < 4.78 is 11.2. The number of pyridine rings is 1. The van der Waals surface area contributed by atoms with Gasteiger partial charge in [0.25, 0.3) is 5.56 Å². The number of esters is 1. The van der Waals surface area contributed by atoms with Crippen molar-refractivity contribution < 1.29 is 19.1 Å². The molecule has 2 heterocycles. The molecule has 24 heavy (non-hydrogen) atoms. The van der Waals surface area contributed by atoms with Gasteiger partial charge in [-0.1, -0.05) is 6.92 Å². The van der Waals surface area contributed by atoms with E-state index in [1.807, 2.05) is 6.92 Å². The summed E-state index contributed by atoms with van der Waals surface area (Å²) in [4.78, 5) is 37.9. The second-order valence-corrected chi connectivity index (χ2v) is 5.42. The summed E-state index contributed by atoms with van der Waals surface area (Å²) in [5.41, 5.74) is -0.771. The molecule has 1 atom stereocenters. The van der Waals surface area contributed by atoms with Crippen LogP contribution in [-0.4, -0.2) is 54.3 Å². The lowest BCUT2D eigenvalue weighted by atomic mass is 10.2. The summed E-state index contributed by atoms with van der Waals surface area (Å²) >= 11 is 0. The van der Waals surface area contributed by atoms with Crippen LogP contribution in [0, 0.1) is 11.3 Å². The van der Waals surface area contributed by atoms with Crippen LogP contribution in [-0.2, 0) is 20.8 Å². The Labute approximate surface area is 139 Å². The van der Waals surface area contributed by atoms with Crippen molar-refractivity contribution in [2.45, 2.75) is 26.0 Å². The van der Waals surface area contributed by atoms with Crippen LogP contribution in [0.4, 0.5) is 0 Å². The molecule has 8 heteroatoms. The number of carbonyl (C=O) groups is 2. The maximum absolute atomic E-state index is 12.4. The molecule has 2 rings (SSSR count). The van der Waals surface area contributed by atoms with Gasteiger partial charge in [0.2, 0.25) is 5.91 Å². The fourth-order valence-electron chi connectivity index (χ4n) is 2.50. The second-order valence-electron chi connectivity index (χ2n) is 5.42. The number of morpholine rings is 1. The largest absolute Gasteiger partial charge is 0.465 e. The van der Waals surface area contributed by atoms with Crippen LogP contribution in [0.1, 0.15) is 29.3 Å². The van der Waals surface area contributed by atoms with E-state index >= 15 is 0 Å². The fraction of sp³-hybridized carbons (Fsp3) is 0.500. The summed E-state index contributed by atoms with van der Waals surface area (Å²) in [6, 6.07) is 2.90. The lowest BCUT2D eigenvalue weighted by Crippen LogP contribution is -2.47. The molecule has 1 aliphatic heterocycles. The van der Waals surface area contributed by atoms with Crippen molar-refractivity contribution in [1.82, 2.24) is 9.47 Å². The van der Waals surface area contributed by atoms with Crippen molar-refractivity contribution in [2.24, 2.45) is 0 Å². The Morgan fingerprint density at radius 2 is 2.25 bits per heavy atom. The third-order valence-corrected chi connectivity index (χ3v) is 3.88. The predicted molar refractivity (Wildman–Crippen MR) is 83.4 cm³/mol. The van der Waals surface area contributed by atoms with Gasteiger partial charge >= 0.3 is 5.97 Å². The molecule has 1 aliphatic rings. The van der Waals surface area contributed by atoms with Crippen molar-refractivity contribution in [1.29, 1.82) is 5.26 Å². The Morgan fingerprint density at radius 1 is 1.50 bits per heavy atom. The van der Waals surface area contributed by atoms with Crippen LogP contribution < -0.4 is 5.56 Å². The van der Waals surface area contributed by atoms with Crippen molar-refractivity contribution in [3.8, 4) is 6.07 Å². The van der Waals surface area contributed by atoms with Gasteiger partial charge in [0.05, 0.1) is 25.4 Å². The summed E-state index contributed by atoms with van der Waals surface area (Å²) in [5.74, 6) is -0.935. The highest BCUT2D eigenvalue weighted by Crippen LogP contribution is 2.09. The number of amides is 1. The topological polar surface area (TPSA) is 102 Å². The maximum atomic E-state index is 12.4. The first-order valence-corrected chi connectivity index (χ1v) is 7.62. The molecule has 1 saturated heterocycles. The molecule has 0 N–H and O–H groups in total. The molecule has 0 radical (unpaired) electrons. The standard InChI is InChI=1S/C16H19N3O5/c1-3-13-9-18(4-5-24-13)14(20)10-19-8-12(16(22)23-2)6-11(7-17)15(19)21/h6,8,13H,3-5,9-10H2,1-2H3. The Balaban J connectivity index is 2.25. The third-order valence-electron chi connectivity index (χ3n) is 3.88. The van der Waals surface area contributed by atoms with Crippen LogP contribution in [0.2, 0.25) is 0 Å². The number of ether oxygens (including phenoxy) is 2. The number of hydrogen-bond acceptors (Lipinski definition) is 6. The molecule has 0 spiro atoms. The van der Waals surface area contributed by atoms with Gasteiger partial charge in [-0.15, -0.1) is 0 Å². The SMILES string of the molecule is CCC1CN(C(=O)Cn2cc(C(=O)OC)cc(C#N)c2=O)CCO1. The first kappa shape index (κ1) is 17.7. The number of carbonyl (C=O) groups excluding carboxylic acids is 2. The van der Waals surface area contributed by atoms with E-state index in [9.17, 15) is 14.4 Å². The average molecular weight is 333 g/mol. The minimum absolute atomic E-state index is 0.0181. The Hall–Kier alpha value is -2.66. The number of aromatic nitrogens is 1. The van der Waals surface area contributed by atoms with E-state index in [2.05, 4.69) is 4.74 Å². The third kappa shape index (κ3) is 3.81. The molecule has 128 valence electrons. The van der Waals surface area contributed by atoms with Crippen LogP contribution in [0.25, 0.3) is 0 Å². The lowest BCUT2D eigenvalue weighted by Gasteiger charge is -2.32. The lowest BCUT2D eigenvalue weighted by molar-refractivity contribution is -0.139. The number of methoxy groups -OCH3 is 1. The number of rotatable bonds is 4. The van der Waals surface area contributed by atoms with Gasteiger partial charge in [0.15, 0.2) is 0 Å². The Bertz CT molecular complexity index is 734. The van der Waals surface area contributed by atoms with E-state index in [1.165, 1.54) is 13.3 Å². The molecule has 1 aromatic rings. The summed E-state index contributed by atoms with van der Waals surface area (Å²) in [6.07, 6.45) is 2.01. The van der Waals surface area contributed by atoms with E-state index in [4.69, 9.17) is 10.00 Å². The second kappa shape index (κ2) is 7.75. The zero-order valence-corrected chi connectivity index (χ0v) is 13.7. The molecular formula is C16H19N3O5. The molecule has 1 aromatic heterocycles. The fourth-order valence-corrected chi connectivity index (χ4v) is 2.50. The van der Waals surface area contributed by atoms with Gasteiger partial charge in [0.1, 0.15) is 18.2 Å². The quantitative estimate of drug-likeness (QED) is 0.727.